The second kappa shape index (κ2) is 8.12. The van der Waals surface area contributed by atoms with Gasteiger partial charge in [0.05, 0.1) is 42.3 Å². The van der Waals surface area contributed by atoms with Crippen molar-refractivity contribution < 1.29 is 14.2 Å². The number of fused-ring (bicyclic) bond motifs is 3. The summed E-state index contributed by atoms with van der Waals surface area (Å²) in [5.74, 6) is 2.62. The number of hydrogen-bond acceptors (Lipinski definition) is 6. The summed E-state index contributed by atoms with van der Waals surface area (Å²) in [6, 6.07) is 6.24. The Labute approximate surface area is 188 Å². The van der Waals surface area contributed by atoms with Crippen LogP contribution in [0.2, 0.25) is 0 Å². The molecule has 3 fully saturated rings. The first-order valence-corrected chi connectivity index (χ1v) is 12.0. The van der Waals surface area contributed by atoms with Gasteiger partial charge in [-0.3, -0.25) is 0 Å². The Bertz CT molecular complexity index is 1120. The molecule has 1 spiro atoms. The standard InChI is InChI=1S/C25H32N4O3/c1-30-21-15-18-20(16-22(21)32-13-4-11-28-9-2-3-10-28)27-19-5-8-26-24(23(18)19)29-12-6-25(29)7-14-31-17-25/h5,8,15-16,27H,2-4,6-7,9-14,17H2,1H3. The van der Waals surface area contributed by atoms with Gasteiger partial charge in [-0.2, -0.15) is 0 Å². The lowest BCUT2D eigenvalue weighted by molar-refractivity contribution is 0.156. The highest BCUT2D eigenvalue weighted by molar-refractivity contribution is 6.13. The molecule has 32 heavy (non-hydrogen) atoms. The van der Waals surface area contributed by atoms with Gasteiger partial charge in [-0.1, -0.05) is 0 Å². The molecule has 1 N–H and O–H groups in total. The minimum atomic E-state index is 0.118. The molecule has 1 aromatic carbocycles. The number of nitrogens with one attached hydrogen (secondary N) is 1. The van der Waals surface area contributed by atoms with Crippen LogP contribution >= 0.6 is 0 Å². The van der Waals surface area contributed by atoms with Crippen molar-refractivity contribution >= 4 is 27.6 Å². The molecule has 0 saturated carbocycles. The molecule has 3 saturated heterocycles. The second-order valence-electron chi connectivity index (χ2n) is 9.41. The number of hydrogen-bond donors (Lipinski definition) is 1. The van der Waals surface area contributed by atoms with Crippen molar-refractivity contribution in [1.82, 2.24) is 14.9 Å². The zero-order valence-electron chi connectivity index (χ0n) is 18.9. The van der Waals surface area contributed by atoms with Gasteiger partial charge in [0, 0.05) is 37.3 Å². The lowest BCUT2D eigenvalue weighted by atomic mass is 9.83. The normalized spacial score (nSPS) is 23.5. The Hall–Kier alpha value is -2.51. The number of pyridine rings is 1. The van der Waals surface area contributed by atoms with E-state index in [1.54, 1.807) is 7.11 Å². The van der Waals surface area contributed by atoms with Crippen molar-refractivity contribution in [1.29, 1.82) is 0 Å². The molecule has 3 aromatic rings. The van der Waals surface area contributed by atoms with Gasteiger partial charge >= 0.3 is 0 Å². The average molecular weight is 437 g/mol. The predicted molar refractivity (Wildman–Crippen MR) is 126 cm³/mol. The van der Waals surface area contributed by atoms with E-state index in [1.165, 1.54) is 32.4 Å². The highest BCUT2D eigenvalue weighted by atomic mass is 16.5. The Kier molecular flexibility index (Phi) is 5.11. The van der Waals surface area contributed by atoms with Gasteiger partial charge in [0.1, 0.15) is 5.82 Å². The minimum Gasteiger partial charge on any atom is -0.493 e. The maximum Gasteiger partial charge on any atom is 0.163 e. The van der Waals surface area contributed by atoms with Gasteiger partial charge in [-0.05, 0) is 57.3 Å². The maximum absolute atomic E-state index is 6.16. The monoisotopic (exact) mass is 436 g/mol. The fourth-order valence-corrected chi connectivity index (χ4v) is 5.67. The smallest absolute Gasteiger partial charge is 0.163 e. The van der Waals surface area contributed by atoms with E-state index in [-0.39, 0.29) is 5.54 Å². The molecule has 3 aliphatic heterocycles. The fraction of sp³-hybridized carbons (Fsp3) is 0.560. The Morgan fingerprint density at radius 3 is 2.78 bits per heavy atom. The summed E-state index contributed by atoms with van der Waals surface area (Å²) in [6.07, 6.45) is 7.84. The lowest BCUT2D eigenvalue weighted by Gasteiger charge is -2.50. The number of aromatic nitrogens is 2. The van der Waals surface area contributed by atoms with Crippen molar-refractivity contribution in [3.8, 4) is 11.5 Å². The number of H-pyrrole nitrogens is 1. The molecule has 0 aliphatic carbocycles. The van der Waals surface area contributed by atoms with Gasteiger partial charge < -0.3 is 29.0 Å². The molecular weight excluding hydrogens is 404 g/mol. The van der Waals surface area contributed by atoms with E-state index >= 15 is 0 Å². The lowest BCUT2D eigenvalue weighted by Crippen LogP contribution is -2.61. The number of methoxy groups -OCH3 is 1. The molecule has 0 radical (unpaired) electrons. The van der Waals surface area contributed by atoms with E-state index < -0.39 is 0 Å². The number of nitrogens with zero attached hydrogens (tertiary/aromatic N) is 3. The van der Waals surface area contributed by atoms with Crippen LogP contribution in [0.5, 0.6) is 11.5 Å². The molecule has 6 rings (SSSR count). The molecule has 1 atom stereocenters. The van der Waals surface area contributed by atoms with Crippen LogP contribution in [0.3, 0.4) is 0 Å². The summed E-state index contributed by atoms with van der Waals surface area (Å²) in [7, 11) is 1.71. The Morgan fingerprint density at radius 1 is 1.12 bits per heavy atom. The molecule has 0 bridgehead atoms. The van der Waals surface area contributed by atoms with E-state index in [9.17, 15) is 0 Å². The van der Waals surface area contributed by atoms with E-state index in [2.05, 4.69) is 33.0 Å². The summed E-state index contributed by atoms with van der Waals surface area (Å²) in [5.41, 5.74) is 2.27. The zero-order valence-corrected chi connectivity index (χ0v) is 18.9. The molecule has 2 aromatic heterocycles. The van der Waals surface area contributed by atoms with Crippen LogP contribution in [0, 0.1) is 0 Å². The summed E-state index contributed by atoms with van der Waals surface area (Å²) in [4.78, 5) is 13.4. The molecule has 1 unspecified atom stereocenters. The van der Waals surface area contributed by atoms with Crippen LogP contribution in [0.15, 0.2) is 24.4 Å². The van der Waals surface area contributed by atoms with E-state index in [1.807, 2.05) is 6.20 Å². The van der Waals surface area contributed by atoms with Crippen LogP contribution in [0.1, 0.15) is 32.1 Å². The summed E-state index contributed by atoms with van der Waals surface area (Å²) < 4.78 is 17.6. The maximum atomic E-state index is 6.16. The largest absolute Gasteiger partial charge is 0.493 e. The van der Waals surface area contributed by atoms with Crippen molar-refractivity contribution in [2.24, 2.45) is 0 Å². The third kappa shape index (κ3) is 3.30. The third-order valence-corrected chi connectivity index (χ3v) is 7.56. The highest BCUT2D eigenvalue weighted by Crippen LogP contribution is 2.45. The van der Waals surface area contributed by atoms with Crippen LogP contribution in [0.25, 0.3) is 21.8 Å². The predicted octanol–water partition coefficient (Wildman–Crippen LogP) is 3.96. The van der Waals surface area contributed by atoms with Gasteiger partial charge in [-0.15, -0.1) is 0 Å². The van der Waals surface area contributed by atoms with Crippen molar-refractivity contribution in [3.05, 3.63) is 24.4 Å². The van der Waals surface area contributed by atoms with E-state index in [0.717, 1.165) is 78.3 Å². The summed E-state index contributed by atoms with van der Waals surface area (Å²) in [6.45, 7) is 6.92. The summed E-state index contributed by atoms with van der Waals surface area (Å²) in [5, 5.41) is 2.29. The van der Waals surface area contributed by atoms with Crippen LogP contribution < -0.4 is 14.4 Å². The average Bonchev–Trinajstić information content (AvgIpc) is 3.56. The molecule has 0 amide bonds. The number of likely N-dealkylation sites (tertiary alicyclic amines) is 1. The number of aromatic amines is 1. The quantitative estimate of drug-likeness (QED) is 0.566. The molecule has 3 aliphatic rings. The first-order chi connectivity index (χ1) is 15.8. The number of anilines is 1. The topological polar surface area (TPSA) is 62.9 Å². The third-order valence-electron chi connectivity index (χ3n) is 7.56. The Balaban J connectivity index is 1.30. The van der Waals surface area contributed by atoms with Crippen LogP contribution in [-0.2, 0) is 4.74 Å². The van der Waals surface area contributed by atoms with E-state index in [4.69, 9.17) is 19.2 Å². The molecule has 7 nitrogen and oxygen atoms in total. The fourth-order valence-electron chi connectivity index (χ4n) is 5.67. The zero-order chi connectivity index (χ0) is 21.5. The molecular formula is C25H32N4O3. The molecule has 5 heterocycles. The van der Waals surface area contributed by atoms with Crippen molar-refractivity contribution in [3.63, 3.8) is 0 Å². The first kappa shape index (κ1) is 20.1. The SMILES string of the molecule is COc1cc2c(cc1OCCCN1CCCC1)[nH]c1ccnc(N3CCC34CCOC4)c12. The van der Waals surface area contributed by atoms with Gasteiger partial charge in [0.2, 0.25) is 0 Å². The Morgan fingerprint density at radius 2 is 2.03 bits per heavy atom. The van der Waals surface area contributed by atoms with Crippen molar-refractivity contribution in [2.45, 2.75) is 37.6 Å². The number of benzene rings is 1. The van der Waals surface area contributed by atoms with Gasteiger partial charge in [0.25, 0.3) is 0 Å². The summed E-state index contributed by atoms with van der Waals surface area (Å²) >= 11 is 0. The molecule has 7 heteroatoms. The minimum absolute atomic E-state index is 0.118. The first-order valence-electron chi connectivity index (χ1n) is 12.0. The second-order valence-corrected chi connectivity index (χ2v) is 9.41. The van der Waals surface area contributed by atoms with Crippen molar-refractivity contribution in [2.75, 3.05) is 58.0 Å². The van der Waals surface area contributed by atoms with Crippen LogP contribution in [0.4, 0.5) is 5.82 Å². The number of rotatable bonds is 7. The van der Waals surface area contributed by atoms with Crippen LogP contribution in [-0.4, -0.2) is 73.5 Å². The number of ether oxygens (including phenoxy) is 3. The highest BCUT2D eigenvalue weighted by Gasteiger charge is 2.48. The van der Waals surface area contributed by atoms with Gasteiger partial charge in [0.15, 0.2) is 11.5 Å². The molecule has 170 valence electrons. The van der Waals surface area contributed by atoms with E-state index in [0.29, 0.717) is 6.61 Å². The van der Waals surface area contributed by atoms with Gasteiger partial charge in [-0.25, -0.2) is 4.98 Å².